The van der Waals surface area contributed by atoms with Crippen LogP contribution in [0.4, 0.5) is 0 Å². The molecule has 5 rings (SSSR count). The number of halogens is 2. The molecule has 0 radical (unpaired) electrons. The highest BCUT2D eigenvalue weighted by Crippen LogP contribution is 2.49. The first-order valence-corrected chi connectivity index (χ1v) is 11.8. The number of aliphatic carboxylic acids is 1. The van der Waals surface area contributed by atoms with Crippen LogP contribution in [0.3, 0.4) is 0 Å². The van der Waals surface area contributed by atoms with E-state index in [1.807, 2.05) is 12.1 Å². The molecule has 3 unspecified atom stereocenters. The Morgan fingerprint density at radius 2 is 2.09 bits per heavy atom. The van der Waals surface area contributed by atoms with Gasteiger partial charge in [0.1, 0.15) is 19.6 Å². The van der Waals surface area contributed by atoms with Crippen molar-refractivity contribution in [2.75, 3.05) is 32.8 Å². The molecular formula is C23H25BCl2N3O4+. The number of hydrogen-bond donors (Lipinski definition) is 2. The molecule has 1 aromatic rings. The number of nitrogens with zero attached hydrogens (tertiary/aromatic N) is 3. The summed E-state index contributed by atoms with van der Waals surface area (Å²) in [5.41, 5.74) is 0.0756. The van der Waals surface area contributed by atoms with Crippen molar-refractivity contribution in [1.29, 1.82) is 0 Å². The number of morpholine rings is 1. The van der Waals surface area contributed by atoms with Crippen molar-refractivity contribution in [3.63, 3.8) is 0 Å². The highest BCUT2D eigenvalue weighted by Gasteiger charge is 2.68. The number of rotatable bonds is 6. The summed E-state index contributed by atoms with van der Waals surface area (Å²) in [6, 6.07) is 7.04. The number of carboxylic acids is 1. The summed E-state index contributed by atoms with van der Waals surface area (Å²) in [4.78, 5) is 21.6. The van der Waals surface area contributed by atoms with Crippen molar-refractivity contribution in [3.8, 4) is 0 Å². The molecule has 33 heavy (non-hydrogen) atoms. The molecule has 1 aliphatic carbocycles. The molecule has 2 saturated heterocycles. The summed E-state index contributed by atoms with van der Waals surface area (Å²) in [5, 5.41) is 21.3. The quantitative estimate of drug-likeness (QED) is 0.365. The summed E-state index contributed by atoms with van der Waals surface area (Å²) >= 11 is 12.6. The Morgan fingerprint density at radius 3 is 2.79 bits per heavy atom. The predicted molar refractivity (Wildman–Crippen MR) is 130 cm³/mol. The zero-order valence-electron chi connectivity index (χ0n) is 18.0. The molecule has 0 amide bonds. The number of aliphatic imine (C=N–C) groups is 2. The smallest absolute Gasteiger partial charge is 0.340 e. The lowest BCUT2D eigenvalue weighted by Crippen LogP contribution is -2.48. The van der Waals surface area contributed by atoms with E-state index in [1.54, 1.807) is 36.6 Å². The lowest BCUT2D eigenvalue weighted by molar-refractivity contribution is -0.826. The van der Waals surface area contributed by atoms with Crippen LogP contribution in [0, 0.1) is 0 Å². The minimum Gasteiger partial charge on any atom is -0.481 e. The van der Waals surface area contributed by atoms with Gasteiger partial charge in [-0.3, -0.25) is 14.8 Å². The number of quaternary nitrogens is 1. The molecule has 1 aromatic carbocycles. The summed E-state index contributed by atoms with van der Waals surface area (Å²) in [6.07, 6.45) is 7.38. The Hall–Kier alpha value is -1.97. The van der Waals surface area contributed by atoms with E-state index >= 15 is 0 Å². The van der Waals surface area contributed by atoms with Crippen LogP contribution < -0.4 is 5.46 Å². The van der Waals surface area contributed by atoms with Gasteiger partial charge >= 0.3 is 12.9 Å². The normalized spacial score (nSPS) is 31.9. The zero-order chi connectivity index (χ0) is 23.3. The van der Waals surface area contributed by atoms with E-state index in [0.717, 1.165) is 24.1 Å². The van der Waals surface area contributed by atoms with Gasteiger partial charge in [-0.15, -0.1) is 0 Å². The number of allylic oxidation sites excluding steroid dienone is 4. The van der Waals surface area contributed by atoms with Gasteiger partial charge in [-0.05, 0) is 30.1 Å². The minimum atomic E-state index is -1.10. The monoisotopic (exact) mass is 488 g/mol. The summed E-state index contributed by atoms with van der Waals surface area (Å²) < 4.78 is 6.30. The molecule has 3 atom stereocenters. The summed E-state index contributed by atoms with van der Waals surface area (Å²) in [6.45, 7) is 2.80. The topological polar surface area (TPSA) is 91.5 Å². The van der Waals surface area contributed by atoms with E-state index in [9.17, 15) is 14.9 Å². The third-order valence-corrected chi connectivity index (χ3v) is 7.82. The Bertz CT molecular complexity index is 1100. The van der Waals surface area contributed by atoms with E-state index < -0.39 is 23.9 Å². The largest absolute Gasteiger partial charge is 0.481 e. The van der Waals surface area contributed by atoms with Crippen molar-refractivity contribution in [2.24, 2.45) is 9.98 Å². The molecule has 172 valence electrons. The van der Waals surface area contributed by atoms with Gasteiger partial charge in [-0.1, -0.05) is 47.5 Å². The maximum Gasteiger partial charge on any atom is 0.340 e. The third kappa shape index (κ3) is 3.98. The molecule has 7 nitrogen and oxygen atoms in total. The van der Waals surface area contributed by atoms with Crippen LogP contribution in [0.1, 0.15) is 12.8 Å². The van der Waals surface area contributed by atoms with Gasteiger partial charge in [-0.2, -0.15) is 0 Å². The first kappa shape index (κ1) is 22.8. The van der Waals surface area contributed by atoms with Gasteiger partial charge in [0, 0.05) is 21.6 Å². The molecule has 10 heteroatoms. The number of carboxylic acid groups (broad SMARTS) is 1. The van der Waals surface area contributed by atoms with Crippen molar-refractivity contribution in [1.82, 2.24) is 0 Å². The summed E-state index contributed by atoms with van der Waals surface area (Å²) in [7, 11) is 0. The Balaban J connectivity index is 1.57. The first-order chi connectivity index (χ1) is 15.8. The van der Waals surface area contributed by atoms with Crippen molar-refractivity contribution >= 4 is 53.5 Å². The van der Waals surface area contributed by atoms with Crippen molar-refractivity contribution in [2.45, 2.75) is 29.9 Å². The van der Waals surface area contributed by atoms with E-state index in [4.69, 9.17) is 37.9 Å². The number of ether oxygens (including phenoxy) is 1. The van der Waals surface area contributed by atoms with Gasteiger partial charge in [0.25, 0.3) is 0 Å². The maximum absolute atomic E-state index is 11.9. The van der Waals surface area contributed by atoms with Crippen LogP contribution in [0.2, 0.25) is 10.3 Å². The standard InChI is InChI=1S/C23H24BCl2N3O4/c25-17-4-1-3-16(11-17)24(32)22(6-2-5-18(26)12-22)19-14-27-23(28-19,13-21(30)31)20-15-29(20)7-9-33-10-8-29/h1-5,11-12,14,20,32H,6-10,13,15H2/p+1. The second-order valence-electron chi connectivity index (χ2n) is 9.31. The lowest BCUT2D eigenvalue weighted by atomic mass is 9.39. The van der Waals surface area contributed by atoms with Crippen LogP contribution in [0.5, 0.6) is 0 Å². The van der Waals surface area contributed by atoms with Gasteiger partial charge in [0.2, 0.25) is 5.66 Å². The molecular weight excluding hydrogens is 464 g/mol. The highest BCUT2D eigenvalue weighted by atomic mass is 35.5. The highest BCUT2D eigenvalue weighted by molar-refractivity contribution is 6.77. The van der Waals surface area contributed by atoms with E-state index in [1.165, 1.54) is 0 Å². The maximum atomic E-state index is 11.9. The van der Waals surface area contributed by atoms with E-state index in [2.05, 4.69) is 0 Å². The van der Waals surface area contributed by atoms with Gasteiger partial charge in [-0.25, -0.2) is 0 Å². The van der Waals surface area contributed by atoms with Crippen molar-refractivity contribution in [3.05, 3.63) is 52.5 Å². The molecule has 1 spiro atoms. The Labute approximate surface area is 202 Å². The average molecular weight is 489 g/mol. The third-order valence-electron chi connectivity index (χ3n) is 7.35. The molecule has 0 saturated carbocycles. The number of benzene rings is 1. The second kappa shape index (κ2) is 8.36. The second-order valence-corrected chi connectivity index (χ2v) is 10.2. The number of hydrogen-bond acceptors (Lipinski definition) is 5. The fourth-order valence-electron chi connectivity index (χ4n) is 5.54. The molecule has 4 aliphatic rings. The van der Waals surface area contributed by atoms with Crippen LogP contribution in [0.15, 0.2) is 57.5 Å². The Kier molecular flexibility index (Phi) is 5.78. The molecule has 3 aliphatic heterocycles. The number of carbonyl (C=O) groups is 1. The van der Waals surface area contributed by atoms with Gasteiger partial charge < -0.3 is 19.4 Å². The van der Waals surface area contributed by atoms with Gasteiger partial charge in [0.15, 0.2) is 6.04 Å². The Morgan fingerprint density at radius 1 is 1.30 bits per heavy atom. The molecule has 0 aromatic heterocycles. The van der Waals surface area contributed by atoms with Crippen LogP contribution in [-0.4, -0.2) is 84.0 Å². The fourth-order valence-corrected chi connectivity index (χ4v) is 6.02. The van der Waals surface area contributed by atoms with E-state index in [-0.39, 0.29) is 12.5 Å². The summed E-state index contributed by atoms with van der Waals surface area (Å²) in [5.74, 6) is -0.947. The van der Waals surface area contributed by atoms with Gasteiger partial charge in [0.05, 0.1) is 25.3 Å². The van der Waals surface area contributed by atoms with E-state index in [0.29, 0.717) is 40.9 Å². The van der Waals surface area contributed by atoms with Crippen LogP contribution in [0.25, 0.3) is 0 Å². The molecule has 2 fully saturated rings. The predicted octanol–water partition coefficient (Wildman–Crippen LogP) is 2.28. The zero-order valence-corrected chi connectivity index (χ0v) is 19.5. The molecule has 2 N–H and O–H groups in total. The molecule has 3 heterocycles. The minimum absolute atomic E-state index is 0.0230. The average Bonchev–Trinajstić information content (AvgIpc) is 3.31. The van der Waals surface area contributed by atoms with Crippen LogP contribution in [-0.2, 0) is 9.53 Å². The first-order valence-electron chi connectivity index (χ1n) is 11.1. The fraction of sp³-hybridized carbons (Fsp3) is 0.435. The lowest BCUT2D eigenvalue weighted by Gasteiger charge is -2.34. The SMILES string of the molecule is O=C(O)CC1(C2C[N+]23CCOCC3)N=CC(C2(B(O)c3cccc(Cl)c3)C=C(Cl)C=CC2)=N1. The van der Waals surface area contributed by atoms with Crippen molar-refractivity contribution < 1.29 is 24.1 Å². The molecule has 0 bridgehead atoms. The van der Waals surface area contributed by atoms with Crippen LogP contribution >= 0.6 is 23.2 Å².